The first-order valence-corrected chi connectivity index (χ1v) is 4.84. The number of aromatic nitrogens is 3. The Morgan fingerprint density at radius 2 is 2.06 bits per heavy atom. The van der Waals surface area contributed by atoms with Crippen molar-refractivity contribution in [3.63, 3.8) is 0 Å². The maximum absolute atomic E-state index is 12.3. The van der Waals surface area contributed by atoms with Crippen molar-refractivity contribution in [3.8, 4) is 11.6 Å². The zero-order valence-electron chi connectivity index (χ0n) is 9.27. The molecule has 0 aliphatic rings. The third-order valence-electron chi connectivity index (χ3n) is 2.20. The predicted octanol–water partition coefficient (Wildman–Crippen LogP) is 2.35. The highest BCUT2D eigenvalue weighted by molar-refractivity contribution is 5.35. The van der Waals surface area contributed by atoms with E-state index in [1.165, 1.54) is 24.1 Å². The summed E-state index contributed by atoms with van der Waals surface area (Å²) < 4.78 is 43.1. The molecule has 2 aromatic rings. The lowest BCUT2D eigenvalue weighted by atomic mass is 10.3. The maximum Gasteiger partial charge on any atom is 0.433 e. The molecule has 0 spiro atoms. The summed E-state index contributed by atoms with van der Waals surface area (Å²) in [5, 5.41) is 3.94. The van der Waals surface area contributed by atoms with Gasteiger partial charge in [-0.1, -0.05) is 0 Å². The van der Waals surface area contributed by atoms with Crippen molar-refractivity contribution in [2.45, 2.75) is 6.18 Å². The van der Waals surface area contributed by atoms with Crippen LogP contribution in [0.1, 0.15) is 11.3 Å². The Morgan fingerprint density at radius 1 is 1.33 bits per heavy atom. The van der Waals surface area contributed by atoms with Gasteiger partial charge in [0.1, 0.15) is 5.69 Å². The van der Waals surface area contributed by atoms with Crippen molar-refractivity contribution < 1.29 is 17.9 Å². The number of methoxy groups -OCH3 is 1. The van der Waals surface area contributed by atoms with Crippen molar-refractivity contribution in [2.75, 3.05) is 7.11 Å². The van der Waals surface area contributed by atoms with Gasteiger partial charge in [0.05, 0.1) is 19.0 Å². The zero-order chi connectivity index (χ0) is 13.3. The standard InChI is InChI=1S/C11H8F3N3O/c1-7-6-17(16-10(7)18-2)8-3-4-9(15-5-8)11(12,13)14/h1,3-6H,2H3. The first kappa shape index (κ1) is 12.4. The monoisotopic (exact) mass is 255 g/mol. The summed E-state index contributed by atoms with van der Waals surface area (Å²) in [5.74, 6) is 0.204. The molecule has 0 aliphatic carbocycles. The topological polar surface area (TPSA) is 39.9 Å². The van der Waals surface area contributed by atoms with E-state index < -0.39 is 11.9 Å². The third kappa shape index (κ3) is 2.29. The second kappa shape index (κ2) is 4.32. The SMILES string of the molecule is [CH]c1cn(-c2ccc(C(F)(F)F)nc2)nc1OC. The molecule has 2 heterocycles. The molecule has 2 aromatic heterocycles. The summed E-state index contributed by atoms with van der Waals surface area (Å²) in [7, 11) is 1.40. The molecular formula is C11H8F3N3O. The van der Waals surface area contributed by atoms with Gasteiger partial charge in [-0.05, 0) is 12.1 Å². The Kier molecular flexibility index (Phi) is 2.98. The molecule has 0 amide bonds. The fourth-order valence-corrected chi connectivity index (χ4v) is 1.35. The van der Waals surface area contributed by atoms with Gasteiger partial charge in [-0.25, -0.2) is 9.67 Å². The van der Waals surface area contributed by atoms with Crippen molar-refractivity contribution in [1.82, 2.24) is 14.8 Å². The van der Waals surface area contributed by atoms with Gasteiger partial charge in [0.2, 0.25) is 5.88 Å². The molecule has 2 rings (SSSR count). The normalized spacial score (nSPS) is 11.6. The van der Waals surface area contributed by atoms with Crippen LogP contribution in [0.4, 0.5) is 13.2 Å². The van der Waals surface area contributed by atoms with Crippen molar-refractivity contribution in [3.05, 3.63) is 42.7 Å². The van der Waals surface area contributed by atoms with E-state index in [1.807, 2.05) is 0 Å². The fourth-order valence-electron chi connectivity index (χ4n) is 1.35. The van der Waals surface area contributed by atoms with E-state index in [0.29, 0.717) is 5.69 Å². The molecule has 0 unspecified atom stereocenters. The van der Waals surface area contributed by atoms with Crippen LogP contribution in [0.2, 0.25) is 0 Å². The lowest BCUT2D eigenvalue weighted by Crippen LogP contribution is -2.08. The third-order valence-corrected chi connectivity index (χ3v) is 2.20. The van der Waals surface area contributed by atoms with Crippen LogP contribution >= 0.6 is 0 Å². The van der Waals surface area contributed by atoms with Crippen LogP contribution in [0.5, 0.6) is 5.88 Å². The first-order valence-electron chi connectivity index (χ1n) is 4.84. The number of hydrogen-bond acceptors (Lipinski definition) is 3. The van der Waals surface area contributed by atoms with E-state index >= 15 is 0 Å². The summed E-state index contributed by atoms with van der Waals surface area (Å²) in [6.07, 6.45) is -1.96. The molecule has 2 radical (unpaired) electrons. The van der Waals surface area contributed by atoms with E-state index in [4.69, 9.17) is 11.7 Å². The number of rotatable bonds is 2. The van der Waals surface area contributed by atoms with Gasteiger partial charge in [-0.3, -0.25) is 0 Å². The largest absolute Gasteiger partial charge is 0.480 e. The maximum atomic E-state index is 12.3. The quantitative estimate of drug-likeness (QED) is 0.827. The van der Waals surface area contributed by atoms with E-state index in [1.54, 1.807) is 0 Å². The zero-order valence-corrected chi connectivity index (χ0v) is 9.27. The molecule has 0 bridgehead atoms. The van der Waals surface area contributed by atoms with E-state index in [0.717, 1.165) is 12.3 Å². The van der Waals surface area contributed by atoms with Crippen LogP contribution in [0, 0.1) is 6.92 Å². The lowest BCUT2D eigenvalue weighted by molar-refractivity contribution is -0.141. The van der Waals surface area contributed by atoms with Crippen molar-refractivity contribution in [2.24, 2.45) is 0 Å². The average Bonchev–Trinajstić information content (AvgIpc) is 2.69. The minimum Gasteiger partial charge on any atom is -0.480 e. The molecule has 94 valence electrons. The predicted molar refractivity (Wildman–Crippen MR) is 56.3 cm³/mol. The highest BCUT2D eigenvalue weighted by Gasteiger charge is 2.32. The number of nitrogens with zero attached hydrogens (tertiary/aromatic N) is 3. The van der Waals surface area contributed by atoms with Gasteiger partial charge in [0, 0.05) is 18.7 Å². The Balaban J connectivity index is 2.34. The number of alkyl halides is 3. The van der Waals surface area contributed by atoms with E-state index in [-0.39, 0.29) is 11.4 Å². The number of ether oxygens (including phenoxy) is 1. The first-order chi connectivity index (χ1) is 8.41. The van der Waals surface area contributed by atoms with Gasteiger partial charge < -0.3 is 4.74 Å². The molecule has 7 heteroatoms. The van der Waals surface area contributed by atoms with E-state index in [2.05, 4.69) is 10.1 Å². The summed E-state index contributed by atoms with van der Waals surface area (Å²) in [6.45, 7) is 5.58. The minimum atomic E-state index is -4.46. The highest BCUT2D eigenvalue weighted by Crippen LogP contribution is 2.27. The molecular weight excluding hydrogens is 247 g/mol. The smallest absolute Gasteiger partial charge is 0.433 e. The van der Waals surface area contributed by atoms with Gasteiger partial charge >= 0.3 is 6.18 Å². The van der Waals surface area contributed by atoms with E-state index in [9.17, 15) is 13.2 Å². The summed E-state index contributed by atoms with van der Waals surface area (Å²) in [4.78, 5) is 3.32. The molecule has 0 saturated heterocycles. The van der Waals surface area contributed by atoms with Crippen LogP contribution in [0.25, 0.3) is 5.69 Å². The van der Waals surface area contributed by atoms with Crippen molar-refractivity contribution >= 4 is 0 Å². The molecule has 0 N–H and O–H groups in total. The lowest BCUT2D eigenvalue weighted by Gasteiger charge is -2.06. The molecule has 18 heavy (non-hydrogen) atoms. The highest BCUT2D eigenvalue weighted by atomic mass is 19.4. The Labute approximate surface area is 101 Å². The number of pyridine rings is 1. The summed E-state index contributed by atoms with van der Waals surface area (Å²) >= 11 is 0. The van der Waals surface area contributed by atoms with Crippen LogP contribution < -0.4 is 4.74 Å². The van der Waals surface area contributed by atoms with Crippen LogP contribution in [-0.4, -0.2) is 21.9 Å². The Morgan fingerprint density at radius 3 is 2.50 bits per heavy atom. The molecule has 0 aromatic carbocycles. The molecule has 0 fully saturated rings. The molecule has 0 atom stereocenters. The minimum absolute atomic E-state index is 0.204. The fraction of sp³-hybridized carbons (Fsp3) is 0.182. The summed E-state index contributed by atoms with van der Waals surface area (Å²) in [5.41, 5.74) is -0.311. The van der Waals surface area contributed by atoms with Gasteiger partial charge in [0.15, 0.2) is 0 Å². The second-order valence-electron chi connectivity index (χ2n) is 3.44. The van der Waals surface area contributed by atoms with Crippen LogP contribution in [-0.2, 0) is 6.18 Å². The van der Waals surface area contributed by atoms with Crippen LogP contribution in [0.3, 0.4) is 0 Å². The number of hydrogen-bond donors (Lipinski definition) is 0. The Hall–Kier alpha value is -2.05. The average molecular weight is 255 g/mol. The van der Waals surface area contributed by atoms with Crippen molar-refractivity contribution in [1.29, 1.82) is 0 Å². The van der Waals surface area contributed by atoms with Crippen LogP contribution in [0.15, 0.2) is 24.5 Å². The summed E-state index contributed by atoms with van der Waals surface area (Å²) in [6, 6.07) is 2.13. The number of halogens is 3. The van der Waals surface area contributed by atoms with Gasteiger partial charge in [0.25, 0.3) is 0 Å². The van der Waals surface area contributed by atoms with Gasteiger partial charge in [-0.15, -0.1) is 5.10 Å². The molecule has 0 aliphatic heterocycles. The second-order valence-corrected chi connectivity index (χ2v) is 3.44. The Bertz CT molecular complexity index is 546. The molecule has 0 saturated carbocycles. The van der Waals surface area contributed by atoms with Gasteiger partial charge in [-0.2, -0.15) is 13.2 Å². The molecule has 4 nitrogen and oxygen atoms in total.